The number of rotatable bonds is 16. The van der Waals surface area contributed by atoms with Crippen molar-refractivity contribution in [2.24, 2.45) is 14.1 Å². The average molecular weight is 853 g/mol. The molecule has 53 heavy (non-hydrogen) atoms. The normalized spacial score (nSPS) is 12.0. The molecule has 15 nitrogen and oxygen atoms in total. The highest BCUT2D eigenvalue weighted by molar-refractivity contribution is 8.13. The molecule has 2 aromatic heterocycles. The number of benzene rings is 1. The number of aliphatic carboxylic acids is 1. The van der Waals surface area contributed by atoms with Crippen molar-refractivity contribution < 1.29 is 84.1 Å². The fourth-order valence-electron chi connectivity index (χ4n) is 3.42. The van der Waals surface area contributed by atoms with Gasteiger partial charge >= 0.3 is 11.7 Å². The van der Waals surface area contributed by atoms with Crippen molar-refractivity contribution in [3.63, 3.8) is 0 Å². The quantitative estimate of drug-likeness (QED) is 0.0388. The molecule has 304 valence electrons. The van der Waals surface area contributed by atoms with Crippen LogP contribution in [0.1, 0.15) is 32.1 Å². The summed E-state index contributed by atoms with van der Waals surface area (Å²) in [5, 5.41) is 8.78. The van der Waals surface area contributed by atoms with Gasteiger partial charge in [-0.25, -0.2) is 35.1 Å². The number of carboxylic acid groups (broad SMARTS) is 1. The van der Waals surface area contributed by atoms with Crippen molar-refractivity contribution in [2.45, 2.75) is 56.9 Å². The van der Waals surface area contributed by atoms with Crippen LogP contribution in [0, 0.1) is 0 Å². The summed E-state index contributed by atoms with van der Waals surface area (Å²) < 4.78 is 154. The Bertz CT molecular complexity index is 1820. The number of ether oxygens (including phenoxy) is 1. The molecule has 3 aromatic rings. The topological polar surface area (TPSA) is 202 Å². The van der Waals surface area contributed by atoms with E-state index in [2.05, 4.69) is 0 Å². The number of carbonyl (C=O) groups excluding carboxylic acids is 1. The molecule has 2 heterocycles. The highest BCUT2D eigenvalue weighted by Crippen LogP contribution is 2.20. The smallest absolute Gasteiger partial charge is 0.485 e. The van der Waals surface area contributed by atoms with Gasteiger partial charge in [-0.05, 0) is 37.8 Å². The predicted octanol–water partition coefficient (Wildman–Crippen LogP) is 1.92. The zero-order valence-electron chi connectivity index (χ0n) is 28.3. The van der Waals surface area contributed by atoms with E-state index in [1.54, 1.807) is 0 Å². The zero-order chi connectivity index (χ0) is 40.9. The lowest BCUT2D eigenvalue weighted by Crippen LogP contribution is -2.37. The second-order valence-corrected chi connectivity index (χ2v) is 16.6. The Kier molecular flexibility index (Phi) is 21.8. The number of halogens is 7. The van der Waals surface area contributed by atoms with Gasteiger partial charge in [0.1, 0.15) is 36.5 Å². The van der Waals surface area contributed by atoms with Gasteiger partial charge in [0.15, 0.2) is 10.1 Å². The van der Waals surface area contributed by atoms with E-state index in [0.717, 1.165) is 31.7 Å². The summed E-state index contributed by atoms with van der Waals surface area (Å²) in [6, 6.07) is 9.43. The summed E-state index contributed by atoms with van der Waals surface area (Å²) in [5.41, 5.74) is -5.65. The minimum Gasteiger partial charge on any atom is -0.741 e. The van der Waals surface area contributed by atoms with E-state index in [-0.39, 0.29) is 18.1 Å². The second-order valence-electron chi connectivity index (χ2n) is 10.6. The summed E-state index contributed by atoms with van der Waals surface area (Å²) in [6.45, 7) is 2.22. The summed E-state index contributed by atoms with van der Waals surface area (Å²) >= 11 is 0. The van der Waals surface area contributed by atoms with E-state index in [4.69, 9.17) is 42.5 Å². The first-order chi connectivity index (χ1) is 24.2. The molecule has 0 fully saturated rings. The van der Waals surface area contributed by atoms with E-state index in [9.17, 15) is 43.2 Å². The van der Waals surface area contributed by atoms with Crippen molar-refractivity contribution in [2.75, 3.05) is 24.7 Å². The van der Waals surface area contributed by atoms with Gasteiger partial charge in [-0.1, -0.05) is 18.2 Å². The zero-order valence-corrected chi connectivity index (χ0v) is 31.5. The molecule has 0 aliphatic carbocycles. The number of hydrogen-bond acceptors (Lipinski definition) is 11. The molecule has 0 aliphatic heterocycles. The summed E-state index contributed by atoms with van der Waals surface area (Å²) in [6.07, 6.45) is 9.90. The Hall–Kier alpha value is -3.45. The minimum atomic E-state index is -6.09. The number of alkyl halides is 6. The molecular formula is C28H39ClF6N4O11S3. The lowest BCUT2D eigenvalue weighted by atomic mass is 10.3. The number of nitrogens with zero attached hydrogens (tertiary/aromatic N) is 4. The van der Waals surface area contributed by atoms with Gasteiger partial charge in [-0.3, -0.25) is 4.18 Å². The Balaban J connectivity index is 0.000000784. The fraction of sp³-hybridized carbons (Fsp3) is 0.536. The molecule has 0 saturated heterocycles. The van der Waals surface area contributed by atoms with Gasteiger partial charge in [0, 0.05) is 17.1 Å². The van der Waals surface area contributed by atoms with E-state index >= 15 is 0 Å². The van der Waals surface area contributed by atoms with Crippen molar-refractivity contribution in [3.05, 3.63) is 67.8 Å². The number of carbonyl (C=O) groups is 1. The maximum absolute atomic E-state index is 11.8. The van der Waals surface area contributed by atoms with E-state index in [1.165, 1.54) is 0 Å². The van der Waals surface area contributed by atoms with E-state index in [0.29, 0.717) is 25.9 Å². The van der Waals surface area contributed by atoms with Gasteiger partial charge in [-0.2, -0.15) is 34.8 Å². The third-order valence-electron chi connectivity index (χ3n) is 5.84. The highest BCUT2D eigenvalue weighted by Gasteiger charge is 2.37. The number of aromatic nitrogens is 4. The van der Waals surface area contributed by atoms with Crippen LogP contribution < -0.4 is 19.0 Å². The van der Waals surface area contributed by atoms with Crippen LogP contribution in [0.25, 0.3) is 0 Å². The molecule has 3 rings (SSSR count). The SMILES string of the molecule is C[n+]1ccn(CCCCS(=O)(=O)Cl)c1.C[n+]1ccn(CCCCS(=O)(=O)OCCCOc2ccccc2)c1.O=C([O-])C(F)(F)F.O=S(=O)([O-])C(F)(F)F. The molecule has 25 heteroatoms. The van der Waals surface area contributed by atoms with Crippen molar-refractivity contribution in [1.82, 2.24) is 9.13 Å². The number of hydrogen-bond donors (Lipinski definition) is 0. The lowest BCUT2D eigenvalue weighted by Gasteiger charge is -2.08. The van der Waals surface area contributed by atoms with Crippen LogP contribution >= 0.6 is 10.7 Å². The first-order valence-corrected chi connectivity index (χ1v) is 20.5. The Morgan fingerprint density at radius 2 is 1.21 bits per heavy atom. The third-order valence-corrected chi connectivity index (χ3v) is 8.96. The summed E-state index contributed by atoms with van der Waals surface area (Å²) in [5.74, 6) is -2.12. The molecule has 0 amide bonds. The number of carboxylic acids is 1. The number of imidazole rings is 2. The highest BCUT2D eigenvalue weighted by atomic mass is 35.7. The second kappa shape index (κ2) is 23.4. The number of unbranched alkanes of at least 4 members (excludes halogenated alkanes) is 2. The minimum absolute atomic E-state index is 0.0555. The Morgan fingerprint density at radius 1 is 0.774 bits per heavy atom. The predicted molar refractivity (Wildman–Crippen MR) is 172 cm³/mol. The summed E-state index contributed by atoms with van der Waals surface area (Å²) in [7, 11) is -3.87. The van der Waals surface area contributed by atoms with Crippen molar-refractivity contribution in [1.29, 1.82) is 0 Å². The summed E-state index contributed by atoms with van der Waals surface area (Å²) in [4.78, 5) is 8.78. The first-order valence-electron chi connectivity index (χ1n) is 15.0. The maximum Gasteiger partial charge on any atom is 0.485 e. The van der Waals surface area contributed by atoms with Gasteiger partial charge in [0.05, 0.1) is 51.9 Å². The van der Waals surface area contributed by atoms with Gasteiger partial charge in [0.2, 0.25) is 21.7 Å². The molecule has 0 unspecified atom stereocenters. The van der Waals surface area contributed by atoms with E-state index in [1.807, 2.05) is 100 Å². The first kappa shape index (κ1) is 49.6. The Labute approximate surface area is 307 Å². The largest absolute Gasteiger partial charge is 0.741 e. The van der Waals surface area contributed by atoms with Crippen LogP contribution in [-0.2, 0) is 65.4 Å². The Morgan fingerprint density at radius 3 is 1.57 bits per heavy atom. The lowest BCUT2D eigenvalue weighted by molar-refractivity contribution is -0.671. The van der Waals surface area contributed by atoms with Crippen LogP contribution in [0.5, 0.6) is 5.75 Å². The van der Waals surface area contributed by atoms with Crippen LogP contribution in [-0.4, -0.2) is 81.3 Å². The van der Waals surface area contributed by atoms with Crippen molar-refractivity contribution >= 4 is 45.9 Å². The molecule has 1 aromatic carbocycles. The van der Waals surface area contributed by atoms with Crippen LogP contribution in [0.2, 0.25) is 0 Å². The number of para-hydroxylation sites is 1. The molecule has 0 N–H and O–H groups in total. The molecule has 0 atom stereocenters. The molecule has 0 radical (unpaired) electrons. The number of aryl methyl sites for hydroxylation is 4. The van der Waals surface area contributed by atoms with E-state index < -0.39 is 46.9 Å². The standard InChI is InChI=1S/C17H25N2O4S.C8H14ClN2O2S.C2HF3O2.CHF3O3S/c1-18-11-12-19(16-18)10-5-6-15-24(20,21)23-14-7-13-22-17-8-3-2-4-9-17;1-10-5-6-11(8-10)4-2-3-7-14(9,12)13;3-2(4,5)1(6)7;2-1(3,4)8(5,6)7/h2-4,8-9,11-12,16H,5-7,10,13-15H2,1H3;5-6,8H,2-4,7H2,1H3;(H,6,7);(H,5,6,7)/q2*+1;;/p-2. The van der Waals surface area contributed by atoms with Crippen LogP contribution in [0.4, 0.5) is 26.3 Å². The van der Waals surface area contributed by atoms with Gasteiger partial charge in [-0.15, -0.1) is 0 Å². The maximum atomic E-state index is 11.8. The molecule has 0 saturated carbocycles. The molecule has 0 bridgehead atoms. The fourth-order valence-corrected chi connectivity index (χ4v) is 5.34. The van der Waals surface area contributed by atoms with Crippen LogP contribution in [0.15, 0.2) is 67.8 Å². The molecule has 0 spiro atoms. The third kappa shape index (κ3) is 26.9. The monoisotopic (exact) mass is 852 g/mol. The van der Waals surface area contributed by atoms with Crippen LogP contribution in [0.3, 0.4) is 0 Å². The van der Waals surface area contributed by atoms with Crippen molar-refractivity contribution in [3.8, 4) is 5.75 Å². The van der Waals surface area contributed by atoms with Gasteiger partial charge < -0.3 is 19.2 Å². The van der Waals surface area contributed by atoms with Gasteiger partial charge in [0.25, 0.3) is 10.1 Å². The average Bonchev–Trinajstić information content (AvgIpc) is 3.64. The molecule has 0 aliphatic rings. The molecular weight excluding hydrogens is 814 g/mol.